The Bertz CT molecular complexity index is 1080. The van der Waals surface area contributed by atoms with Gasteiger partial charge in [0.1, 0.15) is 11.4 Å². The third kappa shape index (κ3) is 7.05. The number of fused-ring (bicyclic) bond motifs is 2. The van der Waals surface area contributed by atoms with Gasteiger partial charge in [0.15, 0.2) is 0 Å². The molecule has 3 aliphatic heterocycles. The minimum atomic E-state index is -0.823. The minimum absolute atomic E-state index is 0.0279. The fourth-order valence-corrected chi connectivity index (χ4v) is 5.25. The van der Waals surface area contributed by atoms with E-state index in [0.29, 0.717) is 19.6 Å². The van der Waals surface area contributed by atoms with Crippen LogP contribution >= 0.6 is 0 Å². The summed E-state index contributed by atoms with van der Waals surface area (Å²) in [5.41, 5.74) is 2.20. The summed E-state index contributed by atoms with van der Waals surface area (Å²) in [5.74, 6) is -0.238. The highest BCUT2D eigenvalue weighted by Crippen LogP contribution is 2.44. The number of rotatable bonds is 1. The molecule has 0 radical (unpaired) electrons. The Labute approximate surface area is 225 Å². The van der Waals surface area contributed by atoms with Gasteiger partial charge in [-0.15, -0.1) is 0 Å². The fourth-order valence-electron chi connectivity index (χ4n) is 5.25. The van der Waals surface area contributed by atoms with Crippen molar-refractivity contribution in [2.24, 2.45) is 10.4 Å². The first-order valence-corrected chi connectivity index (χ1v) is 13.2. The van der Waals surface area contributed by atoms with E-state index >= 15 is 0 Å². The first kappa shape index (κ1) is 29.5. The Morgan fingerprint density at radius 3 is 2.34 bits per heavy atom. The van der Waals surface area contributed by atoms with Gasteiger partial charge in [-0.2, -0.15) is 0 Å². The average molecular weight is 532 g/mol. The van der Waals surface area contributed by atoms with Crippen LogP contribution in [0.2, 0.25) is 0 Å². The van der Waals surface area contributed by atoms with Crippen LogP contribution in [0.1, 0.15) is 72.8 Å². The van der Waals surface area contributed by atoms with Gasteiger partial charge in [0.2, 0.25) is 0 Å². The number of hydrogen-bond acceptors (Lipinski definition) is 5. The molecule has 1 atom stereocenters. The number of carbonyl (C=O) groups excluding carboxylic acids is 1. The Balaban J connectivity index is 0.000000223. The highest BCUT2D eigenvalue weighted by Gasteiger charge is 2.41. The molecule has 0 aliphatic carbocycles. The molecule has 3 heterocycles. The number of ether oxygens (including phenoxy) is 2. The van der Waals surface area contributed by atoms with Gasteiger partial charge in [-0.1, -0.05) is 20.8 Å². The van der Waals surface area contributed by atoms with Gasteiger partial charge in [-0.05, 0) is 81.2 Å². The summed E-state index contributed by atoms with van der Waals surface area (Å²) >= 11 is 0. The molecule has 9 heteroatoms. The number of hydrogen-bond donors (Lipinski definition) is 1. The number of nitrogens with zero attached hydrogens (tertiary/aromatic N) is 3. The van der Waals surface area contributed by atoms with Crippen molar-refractivity contribution < 1.29 is 28.6 Å². The predicted octanol–water partition coefficient (Wildman–Crippen LogP) is 6.52. The summed E-state index contributed by atoms with van der Waals surface area (Å²) in [6.45, 7) is 13.5. The molecular formula is C29H42FN3O5. The SMILES string of the molecule is CC(C)(C)OC(=O)N1CCC2(C=Nc3ccc(F)cc32)CC1.COC=C1CCN(C(=O)O)C(C(C)(C)C)C1. The number of benzene rings is 1. The highest BCUT2D eigenvalue weighted by atomic mass is 19.1. The van der Waals surface area contributed by atoms with Crippen LogP contribution in [0.5, 0.6) is 0 Å². The van der Waals surface area contributed by atoms with E-state index in [1.54, 1.807) is 35.3 Å². The Kier molecular flexibility index (Phi) is 8.79. The number of likely N-dealkylation sites (tertiary alicyclic amines) is 2. The van der Waals surface area contributed by atoms with Gasteiger partial charge < -0.3 is 24.4 Å². The van der Waals surface area contributed by atoms with E-state index in [1.807, 2.05) is 27.0 Å². The summed E-state index contributed by atoms with van der Waals surface area (Å²) in [7, 11) is 1.63. The van der Waals surface area contributed by atoms with Crippen LogP contribution in [-0.2, 0) is 14.9 Å². The van der Waals surface area contributed by atoms with E-state index in [1.165, 1.54) is 11.6 Å². The third-order valence-corrected chi connectivity index (χ3v) is 7.29. The summed E-state index contributed by atoms with van der Waals surface area (Å²) in [6, 6.07) is 4.76. The zero-order valence-corrected chi connectivity index (χ0v) is 23.7. The molecule has 2 amide bonds. The fraction of sp³-hybridized carbons (Fsp3) is 0.621. The van der Waals surface area contributed by atoms with E-state index in [4.69, 9.17) is 14.6 Å². The number of carboxylic acid groups (broad SMARTS) is 1. The van der Waals surface area contributed by atoms with Gasteiger partial charge in [-0.25, -0.2) is 14.0 Å². The van der Waals surface area contributed by atoms with Crippen LogP contribution in [0.3, 0.4) is 0 Å². The molecule has 1 N–H and O–H groups in total. The molecule has 3 aliphatic rings. The molecule has 2 fully saturated rings. The topological polar surface area (TPSA) is 91.7 Å². The molecule has 38 heavy (non-hydrogen) atoms. The van der Waals surface area contributed by atoms with Gasteiger partial charge in [0, 0.05) is 37.3 Å². The lowest BCUT2D eigenvalue weighted by Gasteiger charge is -2.42. The lowest BCUT2D eigenvalue weighted by Crippen LogP contribution is -2.50. The molecule has 210 valence electrons. The third-order valence-electron chi connectivity index (χ3n) is 7.29. The van der Waals surface area contributed by atoms with E-state index in [2.05, 4.69) is 25.8 Å². The second kappa shape index (κ2) is 11.3. The zero-order chi connectivity index (χ0) is 28.3. The van der Waals surface area contributed by atoms with Crippen molar-refractivity contribution in [1.29, 1.82) is 0 Å². The number of carbonyl (C=O) groups is 2. The summed E-state index contributed by atoms with van der Waals surface area (Å²) in [6.07, 6.45) is 5.59. The van der Waals surface area contributed by atoms with Crippen LogP contribution < -0.4 is 0 Å². The monoisotopic (exact) mass is 531 g/mol. The van der Waals surface area contributed by atoms with E-state index < -0.39 is 11.7 Å². The molecule has 1 unspecified atom stereocenters. The Morgan fingerprint density at radius 2 is 1.79 bits per heavy atom. The molecule has 4 rings (SSSR count). The highest BCUT2D eigenvalue weighted by molar-refractivity contribution is 5.85. The van der Waals surface area contributed by atoms with Crippen LogP contribution in [0.15, 0.2) is 35.0 Å². The molecule has 0 saturated carbocycles. The predicted molar refractivity (Wildman–Crippen MR) is 146 cm³/mol. The second-order valence-corrected chi connectivity index (χ2v) is 12.4. The van der Waals surface area contributed by atoms with Crippen molar-refractivity contribution >= 4 is 24.1 Å². The maximum Gasteiger partial charge on any atom is 0.410 e. The lowest BCUT2D eigenvalue weighted by molar-refractivity contribution is 0.0191. The van der Waals surface area contributed by atoms with Crippen molar-refractivity contribution in [1.82, 2.24) is 9.80 Å². The standard InChI is InChI=1S/C17H21FN2O2.C12H21NO3/c1-16(2,3)22-15(21)20-8-6-17(7-9-20)11-19-14-5-4-12(18)10-13(14)17;1-12(2,3)10-7-9(8-16-4)5-6-13(10)11(14)15/h4-5,10-11H,6-9H2,1-3H3;8,10H,5-7H2,1-4H3,(H,14,15). The maximum atomic E-state index is 13.6. The van der Waals surface area contributed by atoms with Crippen molar-refractivity contribution in [3.05, 3.63) is 41.4 Å². The van der Waals surface area contributed by atoms with Crippen LogP contribution in [0.4, 0.5) is 19.7 Å². The average Bonchev–Trinajstić information content (AvgIpc) is 3.15. The molecule has 0 bridgehead atoms. The zero-order valence-electron chi connectivity index (χ0n) is 23.7. The van der Waals surface area contributed by atoms with E-state index in [0.717, 1.165) is 36.9 Å². The van der Waals surface area contributed by atoms with Crippen molar-refractivity contribution in [3.8, 4) is 0 Å². The largest absolute Gasteiger partial charge is 0.504 e. The molecule has 1 aromatic rings. The number of aliphatic imine (C=N–C) groups is 1. The number of methoxy groups -OCH3 is 1. The normalized spacial score (nSPS) is 21.6. The smallest absolute Gasteiger partial charge is 0.410 e. The van der Waals surface area contributed by atoms with Gasteiger partial charge in [0.25, 0.3) is 0 Å². The Hall–Kier alpha value is -3.10. The van der Waals surface area contributed by atoms with Gasteiger partial charge in [0.05, 0.1) is 19.1 Å². The molecular weight excluding hydrogens is 489 g/mol. The van der Waals surface area contributed by atoms with E-state index in [9.17, 15) is 14.0 Å². The summed E-state index contributed by atoms with van der Waals surface area (Å²) in [5, 5.41) is 9.16. The molecule has 0 aromatic heterocycles. The molecule has 1 spiro atoms. The number of halogens is 1. The molecule has 8 nitrogen and oxygen atoms in total. The van der Waals surface area contributed by atoms with Gasteiger partial charge >= 0.3 is 12.2 Å². The number of amides is 2. The maximum absolute atomic E-state index is 13.6. The summed E-state index contributed by atoms with van der Waals surface area (Å²) < 4.78 is 24.0. The van der Waals surface area contributed by atoms with Crippen LogP contribution in [-0.4, -0.2) is 71.7 Å². The lowest BCUT2D eigenvalue weighted by atomic mass is 9.74. The minimum Gasteiger partial charge on any atom is -0.504 e. The van der Waals surface area contributed by atoms with Crippen molar-refractivity contribution in [2.75, 3.05) is 26.7 Å². The Morgan fingerprint density at radius 1 is 1.13 bits per heavy atom. The van der Waals surface area contributed by atoms with Crippen molar-refractivity contribution in [2.45, 2.75) is 84.3 Å². The summed E-state index contributed by atoms with van der Waals surface area (Å²) in [4.78, 5) is 31.0. The quantitative estimate of drug-likeness (QED) is 0.417. The molecule has 1 aromatic carbocycles. The van der Waals surface area contributed by atoms with Crippen LogP contribution in [0, 0.1) is 11.2 Å². The van der Waals surface area contributed by atoms with E-state index in [-0.39, 0.29) is 28.8 Å². The first-order chi connectivity index (χ1) is 17.6. The van der Waals surface area contributed by atoms with Gasteiger partial charge in [-0.3, -0.25) is 4.99 Å². The van der Waals surface area contributed by atoms with Crippen molar-refractivity contribution in [3.63, 3.8) is 0 Å². The number of piperidine rings is 2. The van der Waals surface area contributed by atoms with Crippen LogP contribution in [0.25, 0.3) is 0 Å². The second-order valence-electron chi connectivity index (χ2n) is 12.4. The molecule has 2 saturated heterocycles. The first-order valence-electron chi connectivity index (χ1n) is 13.2.